The van der Waals surface area contributed by atoms with Crippen LogP contribution < -0.4 is 32.7 Å². The molecule has 1 aliphatic carbocycles. The average Bonchev–Trinajstić information content (AvgIpc) is 4.04. The van der Waals surface area contributed by atoms with Crippen LogP contribution in [0.2, 0.25) is 0 Å². The molecule has 0 bridgehead atoms. The van der Waals surface area contributed by atoms with Gasteiger partial charge in [-0.3, -0.25) is 33.5 Å². The summed E-state index contributed by atoms with van der Waals surface area (Å²) in [5.74, 6) is -4.26. The predicted molar refractivity (Wildman–Crippen MR) is 239 cm³/mol. The SMILES string of the molecule is CC[C@H](C)[C@H](NC(=O)[C@@H]1CCCN1C(=O)[C@H](Cc1cnc[nH]1)NC(=O)OCC1c2ccccc2-c2ccccc21)C(=O)N[C@@H](CCCN=C(N)N)C(=O)NCC(=O)SCCS(=O)(=O)O. The number of nitrogens with one attached hydrogen (secondary N) is 5. The maximum atomic E-state index is 14.3. The highest BCUT2D eigenvalue weighted by Gasteiger charge is 2.40. The highest BCUT2D eigenvalue weighted by molar-refractivity contribution is 8.14. The molecule has 20 nitrogen and oxygen atoms in total. The third kappa shape index (κ3) is 13.7. The maximum absolute atomic E-state index is 14.3. The molecule has 2 heterocycles. The summed E-state index contributed by atoms with van der Waals surface area (Å²) < 4.78 is 36.7. The van der Waals surface area contributed by atoms with Gasteiger partial charge in [-0.05, 0) is 53.9 Å². The lowest BCUT2D eigenvalue weighted by Crippen LogP contribution is -2.59. The van der Waals surface area contributed by atoms with Gasteiger partial charge in [-0.1, -0.05) is 80.6 Å². The third-order valence-corrected chi connectivity index (χ3v) is 13.0. The first kappa shape index (κ1) is 49.0. The van der Waals surface area contributed by atoms with E-state index < -0.39 is 87.3 Å². The molecule has 10 N–H and O–H groups in total. The molecule has 2 aromatic carbocycles. The lowest BCUT2D eigenvalue weighted by molar-refractivity contribution is -0.141. The fourth-order valence-electron chi connectivity index (χ4n) is 7.68. The Hall–Kier alpha value is -6.00. The van der Waals surface area contributed by atoms with Crippen LogP contribution in [0.4, 0.5) is 4.79 Å². The minimum Gasteiger partial charge on any atom is -0.449 e. The molecule has 1 aromatic heterocycles. The minimum absolute atomic E-state index is 0.0211. The Morgan fingerprint density at radius 3 is 2.31 bits per heavy atom. The molecule has 64 heavy (non-hydrogen) atoms. The number of rotatable bonds is 22. The second-order valence-electron chi connectivity index (χ2n) is 15.6. The molecule has 5 amide bonds. The Morgan fingerprint density at radius 2 is 1.69 bits per heavy atom. The van der Waals surface area contributed by atoms with Crippen molar-refractivity contribution < 1.29 is 46.5 Å². The molecule has 0 saturated carbocycles. The van der Waals surface area contributed by atoms with Gasteiger partial charge in [-0.25, -0.2) is 9.78 Å². The van der Waals surface area contributed by atoms with Crippen LogP contribution in [-0.2, 0) is 45.2 Å². The van der Waals surface area contributed by atoms with Crippen LogP contribution in [-0.4, -0.2) is 131 Å². The van der Waals surface area contributed by atoms with Crippen molar-refractivity contribution in [3.8, 4) is 11.1 Å². The van der Waals surface area contributed by atoms with Crippen molar-refractivity contribution >= 4 is 62.7 Å². The number of fused-ring (bicyclic) bond motifs is 3. The molecule has 0 spiro atoms. The summed E-state index contributed by atoms with van der Waals surface area (Å²) in [6.45, 7) is 3.42. The van der Waals surface area contributed by atoms with Gasteiger partial charge >= 0.3 is 6.09 Å². The van der Waals surface area contributed by atoms with E-state index in [1.165, 1.54) is 17.4 Å². The molecule has 1 saturated heterocycles. The summed E-state index contributed by atoms with van der Waals surface area (Å²) in [6.07, 6.45) is 3.66. The molecule has 1 fully saturated rings. The number of aliphatic imine (C=N–C) groups is 1. The van der Waals surface area contributed by atoms with E-state index in [1.54, 1.807) is 6.92 Å². The molecule has 5 atom stereocenters. The third-order valence-electron chi connectivity index (χ3n) is 11.1. The summed E-state index contributed by atoms with van der Waals surface area (Å²) in [5, 5.41) is 10.1. The highest BCUT2D eigenvalue weighted by Crippen LogP contribution is 2.44. The van der Waals surface area contributed by atoms with Crippen molar-refractivity contribution in [2.45, 2.75) is 82.5 Å². The maximum Gasteiger partial charge on any atom is 0.407 e. The van der Waals surface area contributed by atoms with Crippen LogP contribution in [0.15, 0.2) is 66.0 Å². The van der Waals surface area contributed by atoms with E-state index in [1.807, 2.05) is 55.5 Å². The molecular formula is C42H56N10O10S2. The number of ether oxygens (including phenoxy) is 1. The molecule has 0 radical (unpaired) electrons. The molecule has 3 aromatic rings. The number of amides is 5. The van der Waals surface area contributed by atoms with Crippen molar-refractivity contribution in [2.75, 3.05) is 37.7 Å². The van der Waals surface area contributed by atoms with Gasteiger partial charge in [0.1, 0.15) is 30.8 Å². The number of carbonyl (C=O) groups excluding carboxylic acids is 6. The number of H-pyrrole nitrogens is 1. The van der Waals surface area contributed by atoms with E-state index in [2.05, 4.69) is 36.2 Å². The highest BCUT2D eigenvalue weighted by atomic mass is 32.2. The van der Waals surface area contributed by atoms with E-state index in [-0.39, 0.29) is 63.0 Å². The number of hydrogen-bond donors (Lipinski definition) is 8. The van der Waals surface area contributed by atoms with Gasteiger partial charge in [0.2, 0.25) is 28.7 Å². The van der Waals surface area contributed by atoms with Gasteiger partial charge in [0.05, 0.1) is 18.6 Å². The number of imidazole rings is 1. The van der Waals surface area contributed by atoms with Crippen molar-refractivity contribution in [1.29, 1.82) is 0 Å². The quantitative estimate of drug-likeness (QED) is 0.0304. The van der Waals surface area contributed by atoms with Crippen LogP contribution in [0.3, 0.4) is 0 Å². The Bertz CT molecular complexity index is 2230. The molecule has 2 aliphatic rings. The monoisotopic (exact) mass is 924 g/mol. The average molecular weight is 925 g/mol. The Morgan fingerprint density at radius 1 is 1.00 bits per heavy atom. The normalized spacial score (nSPS) is 16.3. The van der Waals surface area contributed by atoms with Crippen molar-refractivity contribution in [3.63, 3.8) is 0 Å². The smallest absolute Gasteiger partial charge is 0.407 e. The standard InChI is InChI=1S/C42H56N10O10S2/c1-3-25(2)36(39(56)49-32(14-8-16-46-41(43)44)37(54)47-22-35(53)63-18-19-64(59,60)61)51-38(55)34-15-9-17-52(34)40(57)33(20-26-21-45-24-48-26)50-42(58)62-23-31-29-12-6-4-10-27(29)28-11-5-7-13-30(28)31/h4-7,10-13,21,24-25,31-34,36H,3,8-9,14-20,22-23H2,1-2H3,(H,45,48)(H,47,54)(H,49,56)(H,50,58)(H,51,55)(H4,43,44,46)(H,59,60,61)/t25-,32-,33-,34-,36-/m0/s1. The second kappa shape index (κ2) is 23.1. The zero-order valence-corrected chi connectivity index (χ0v) is 37.3. The van der Waals surface area contributed by atoms with Crippen molar-refractivity contribution in [2.24, 2.45) is 22.4 Å². The van der Waals surface area contributed by atoms with Crippen LogP contribution in [0.1, 0.15) is 68.7 Å². The Balaban J connectivity index is 1.25. The number of aromatic nitrogens is 2. The number of guanidine groups is 1. The lowest BCUT2D eigenvalue weighted by Gasteiger charge is -2.31. The van der Waals surface area contributed by atoms with E-state index in [4.69, 9.17) is 20.8 Å². The fourth-order valence-corrected chi connectivity index (χ4v) is 9.26. The predicted octanol–water partition coefficient (Wildman–Crippen LogP) is 1.18. The van der Waals surface area contributed by atoms with Gasteiger partial charge in [0.15, 0.2) is 5.96 Å². The van der Waals surface area contributed by atoms with Crippen LogP contribution in [0.25, 0.3) is 11.1 Å². The zero-order valence-electron chi connectivity index (χ0n) is 35.7. The number of aromatic amines is 1. The first-order chi connectivity index (χ1) is 30.6. The summed E-state index contributed by atoms with van der Waals surface area (Å²) >= 11 is 0.604. The summed E-state index contributed by atoms with van der Waals surface area (Å²) in [6, 6.07) is 11.3. The van der Waals surface area contributed by atoms with Gasteiger partial charge in [-0.2, -0.15) is 8.42 Å². The first-order valence-corrected chi connectivity index (χ1v) is 23.6. The zero-order chi connectivity index (χ0) is 46.4. The number of benzene rings is 2. The molecule has 346 valence electrons. The molecule has 0 unspecified atom stereocenters. The number of nitrogens with two attached hydrogens (primary N) is 2. The number of likely N-dealkylation sites (tertiary alicyclic amines) is 1. The minimum atomic E-state index is -4.28. The van der Waals surface area contributed by atoms with E-state index >= 15 is 0 Å². The van der Waals surface area contributed by atoms with Crippen LogP contribution in [0.5, 0.6) is 0 Å². The molecule has 5 rings (SSSR count). The lowest BCUT2D eigenvalue weighted by atomic mass is 9.97. The topological polar surface area (TPSA) is 310 Å². The molecule has 1 aliphatic heterocycles. The van der Waals surface area contributed by atoms with E-state index in [0.717, 1.165) is 22.3 Å². The first-order valence-electron chi connectivity index (χ1n) is 21.0. The van der Waals surface area contributed by atoms with Crippen molar-refractivity contribution in [1.82, 2.24) is 36.1 Å². The largest absolute Gasteiger partial charge is 0.449 e. The fraction of sp³-hybridized carbons (Fsp3) is 0.476. The van der Waals surface area contributed by atoms with Crippen molar-refractivity contribution in [3.05, 3.63) is 77.9 Å². The molecular weight excluding hydrogens is 869 g/mol. The Labute approximate surface area is 375 Å². The van der Waals surface area contributed by atoms with Gasteiger partial charge in [0.25, 0.3) is 10.1 Å². The number of carbonyl (C=O) groups is 6. The summed E-state index contributed by atoms with van der Waals surface area (Å²) in [5.41, 5.74) is 15.6. The second-order valence-corrected chi connectivity index (χ2v) is 18.3. The van der Waals surface area contributed by atoms with E-state index in [9.17, 15) is 37.2 Å². The number of alkyl carbamates (subject to hydrolysis) is 1. The van der Waals surface area contributed by atoms with Crippen LogP contribution in [0, 0.1) is 5.92 Å². The number of thioether (sulfide) groups is 1. The van der Waals surface area contributed by atoms with Gasteiger partial charge in [0, 0.05) is 43.1 Å². The Kier molecular flexibility index (Phi) is 17.7. The number of hydrogen-bond acceptors (Lipinski definition) is 12. The van der Waals surface area contributed by atoms with Gasteiger partial charge in [-0.15, -0.1) is 0 Å². The van der Waals surface area contributed by atoms with E-state index in [0.29, 0.717) is 30.3 Å². The number of nitrogens with zero attached hydrogens (tertiary/aromatic N) is 3. The van der Waals surface area contributed by atoms with Gasteiger partial charge < -0.3 is 47.4 Å². The summed E-state index contributed by atoms with van der Waals surface area (Å²) in [4.78, 5) is 93.9. The molecule has 22 heteroatoms. The van der Waals surface area contributed by atoms with Crippen LogP contribution >= 0.6 is 11.8 Å². The summed E-state index contributed by atoms with van der Waals surface area (Å²) in [7, 11) is -4.28.